The van der Waals surface area contributed by atoms with Gasteiger partial charge in [-0.2, -0.15) is 5.21 Å². The molecule has 0 aliphatic heterocycles. The molecule has 0 saturated carbocycles. The molecule has 2 N–H and O–H groups in total. The van der Waals surface area contributed by atoms with E-state index in [9.17, 15) is 4.79 Å². The predicted octanol–water partition coefficient (Wildman–Crippen LogP) is 1.45. The first-order valence-corrected chi connectivity index (χ1v) is 5.76. The number of hydrogen-bond acceptors (Lipinski definition) is 4. The van der Waals surface area contributed by atoms with Crippen LogP contribution in [0, 0.1) is 0 Å². The molecular weight excluding hydrogens is 286 g/mol. The molecule has 2 rings (SSSR count). The third-order valence-electron chi connectivity index (χ3n) is 2.24. The summed E-state index contributed by atoms with van der Waals surface area (Å²) in [7, 11) is 0. The zero-order chi connectivity index (χ0) is 12.3. The van der Waals surface area contributed by atoms with Crippen molar-refractivity contribution in [1.82, 2.24) is 25.9 Å². The maximum absolute atomic E-state index is 11.7. The molecule has 0 saturated heterocycles. The highest BCUT2D eigenvalue weighted by atomic mass is 79.9. The van der Waals surface area contributed by atoms with Gasteiger partial charge in [-0.25, -0.2) is 0 Å². The summed E-state index contributed by atoms with van der Waals surface area (Å²) >= 11 is 3.38. The average molecular weight is 296 g/mol. The van der Waals surface area contributed by atoms with Crippen molar-refractivity contribution >= 4 is 21.8 Å². The van der Waals surface area contributed by atoms with Gasteiger partial charge in [-0.1, -0.05) is 28.1 Å². The van der Waals surface area contributed by atoms with Gasteiger partial charge < -0.3 is 5.32 Å². The molecule has 1 atom stereocenters. The Morgan fingerprint density at radius 2 is 2.35 bits per heavy atom. The highest BCUT2D eigenvalue weighted by molar-refractivity contribution is 9.10. The van der Waals surface area contributed by atoms with E-state index in [0.717, 1.165) is 10.0 Å². The van der Waals surface area contributed by atoms with E-state index in [1.165, 1.54) is 0 Å². The lowest BCUT2D eigenvalue weighted by Gasteiger charge is -2.13. The fourth-order valence-electron chi connectivity index (χ4n) is 1.38. The van der Waals surface area contributed by atoms with Gasteiger partial charge in [0, 0.05) is 4.47 Å². The lowest BCUT2D eigenvalue weighted by atomic mass is 10.1. The highest BCUT2D eigenvalue weighted by Gasteiger charge is 2.14. The monoisotopic (exact) mass is 295 g/mol. The summed E-state index contributed by atoms with van der Waals surface area (Å²) in [5, 5.41) is 15.6. The van der Waals surface area contributed by atoms with E-state index < -0.39 is 0 Å². The summed E-state index contributed by atoms with van der Waals surface area (Å²) < 4.78 is 0.968. The minimum Gasteiger partial charge on any atom is -0.343 e. The maximum atomic E-state index is 11.7. The molecule has 0 fully saturated rings. The average Bonchev–Trinajstić information content (AvgIpc) is 2.82. The van der Waals surface area contributed by atoms with E-state index in [4.69, 9.17) is 0 Å². The number of tetrazole rings is 1. The van der Waals surface area contributed by atoms with Crippen LogP contribution < -0.4 is 5.32 Å². The van der Waals surface area contributed by atoms with Crippen LogP contribution in [0.3, 0.4) is 0 Å². The normalized spacial score (nSPS) is 12.1. The number of aromatic amines is 1. The van der Waals surface area contributed by atoms with E-state index >= 15 is 0 Å². The molecule has 0 aliphatic carbocycles. The van der Waals surface area contributed by atoms with Crippen molar-refractivity contribution in [2.24, 2.45) is 0 Å². The second-order valence-electron chi connectivity index (χ2n) is 3.49. The number of hydrogen-bond donors (Lipinski definition) is 2. The molecule has 1 amide bonds. The van der Waals surface area contributed by atoms with Gasteiger partial charge in [0.05, 0.1) is 6.04 Å². The smallest absolute Gasteiger partial charge is 0.293 e. The molecule has 88 valence electrons. The fourth-order valence-corrected chi connectivity index (χ4v) is 1.80. The lowest BCUT2D eigenvalue weighted by Crippen LogP contribution is -2.27. The Morgan fingerprint density at radius 1 is 1.53 bits per heavy atom. The number of nitrogens with zero attached hydrogens (tertiary/aromatic N) is 3. The van der Waals surface area contributed by atoms with Crippen LogP contribution in [0.2, 0.25) is 0 Å². The molecular formula is C10H10BrN5O. The van der Waals surface area contributed by atoms with Gasteiger partial charge in [-0.3, -0.25) is 4.79 Å². The van der Waals surface area contributed by atoms with Crippen LogP contribution in [-0.4, -0.2) is 26.5 Å². The van der Waals surface area contributed by atoms with Crippen LogP contribution in [0.25, 0.3) is 0 Å². The summed E-state index contributed by atoms with van der Waals surface area (Å²) in [6, 6.07) is 7.60. The molecule has 1 unspecified atom stereocenters. The summed E-state index contributed by atoms with van der Waals surface area (Å²) in [6.07, 6.45) is 0. The summed E-state index contributed by atoms with van der Waals surface area (Å²) in [5.41, 5.74) is 0.996. The minimum atomic E-state index is -0.355. The van der Waals surface area contributed by atoms with Crippen molar-refractivity contribution in [2.75, 3.05) is 0 Å². The SMILES string of the molecule is CC(NC(=O)c1nn[nH]n1)c1cccc(Br)c1. The quantitative estimate of drug-likeness (QED) is 0.898. The van der Waals surface area contributed by atoms with Gasteiger partial charge in [0.25, 0.3) is 11.7 Å². The number of nitrogens with one attached hydrogen (secondary N) is 2. The molecule has 0 bridgehead atoms. The summed E-state index contributed by atoms with van der Waals surface area (Å²) in [5.74, 6) is -0.321. The topological polar surface area (TPSA) is 83.6 Å². The number of benzene rings is 1. The maximum Gasteiger partial charge on any atom is 0.293 e. The Bertz CT molecular complexity index is 513. The predicted molar refractivity (Wildman–Crippen MR) is 64.2 cm³/mol. The number of carbonyl (C=O) groups is 1. The van der Waals surface area contributed by atoms with Crippen LogP contribution in [0.1, 0.15) is 29.1 Å². The molecule has 0 radical (unpaired) electrons. The Labute approximate surface area is 106 Å². The third-order valence-corrected chi connectivity index (χ3v) is 2.74. The number of H-pyrrole nitrogens is 1. The molecule has 2 aromatic rings. The molecule has 0 spiro atoms. The lowest BCUT2D eigenvalue weighted by molar-refractivity contribution is 0.0929. The largest absolute Gasteiger partial charge is 0.343 e. The van der Waals surface area contributed by atoms with Gasteiger partial charge in [0.1, 0.15) is 0 Å². The first-order chi connectivity index (χ1) is 8.16. The molecule has 0 aliphatic rings. The molecule has 6 nitrogen and oxygen atoms in total. The second kappa shape index (κ2) is 5.05. The Hall–Kier alpha value is -1.76. The van der Waals surface area contributed by atoms with Crippen LogP contribution in [0.15, 0.2) is 28.7 Å². The van der Waals surface area contributed by atoms with E-state index in [1.807, 2.05) is 31.2 Å². The molecule has 1 aromatic carbocycles. The van der Waals surface area contributed by atoms with Crippen molar-refractivity contribution < 1.29 is 4.79 Å². The van der Waals surface area contributed by atoms with Crippen molar-refractivity contribution in [3.8, 4) is 0 Å². The van der Waals surface area contributed by atoms with Crippen molar-refractivity contribution in [1.29, 1.82) is 0 Å². The van der Waals surface area contributed by atoms with Crippen LogP contribution in [-0.2, 0) is 0 Å². The molecule has 17 heavy (non-hydrogen) atoms. The van der Waals surface area contributed by atoms with Gasteiger partial charge in [0.15, 0.2) is 0 Å². The molecule has 1 aromatic heterocycles. The van der Waals surface area contributed by atoms with Gasteiger partial charge in [0.2, 0.25) is 0 Å². The van der Waals surface area contributed by atoms with Crippen LogP contribution in [0.4, 0.5) is 0 Å². The van der Waals surface area contributed by atoms with Gasteiger partial charge in [-0.15, -0.1) is 10.2 Å². The first kappa shape index (κ1) is 11.7. The van der Waals surface area contributed by atoms with E-state index in [1.54, 1.807) is 0 Å². The Kier molecular flexibility index (Phi) is 3.48. The van der Waals surface area contributed by atoms with E-state index in [0.29, 0.717) is 0 Å². The minimum absolute atomic E-state index is 0.0341. The Morgan fingerprint density at radius 3 is 3.00 bits per heavy atom. The standard InChI is InChI=1S/C10H10BrN5O/c1-6(7-3-2-4-8(11)5-7)12-10(17)9-13-15-16-14-9/h2-6H,1H3,(H,12,17)(H,13,14,15,16). The zero-order valence-electron chi connectivity index (χ0n) is 9.01. The van der Waals surface area contributed by atoms with Gasteiger partial charge in [-0.05, 0) is 29.8 Å². The van der Waals surface area contributed by atoms with Crippen LogP contribution >= 0.6 is 15.9 Å². The zero-order valence-corrected chi connectivity index (χ0v) is 10.6. The Balaban J connectivity index is 2.07. The number of halogens is 1. The van der Waals surface area contributed by atoms with Gasteiger partial charge >= 0.3 is 0 Å². The number of aromatic nitrogens is 4. The van der Waals surface area contributed by atoms with Crippen LogP contribution in [0.5, 0.6) is 0 Å². The van der Waals surface area contributed by atoms with Crippen molar-refractivity contribution in [3.63, 3.8) is 0 Å². The third kappa shape index (κ3) is 2.88. The number of rotatable bonds is 3. The first-order valence-electron chi connectivity index (χ1n) is 4.96. The number of amides is 1. The molecule has 7 heteroatoms. The second-order valence-corrected chi connectivity index (χ2v) is 4.40. The van der Waals surface area contributed by atoms with E-state index in [2.05, 4.69) is 41.9 Å². The fraction of sp³-hybridized carbons (Fsp3) is 0.200. The van der Waals surface area contributed by atoms with Crippen molar-refractivity contribution in [2.45, 2.75) is 13.0 Å². The summed E-state index contributed by atoms with van der Waals surface area (Å²) in [4.78, 5) is 11.7. The molecule has 1 heterocycles. The highest BCUT2D eigenvalue weighted by Crippen LogP contribution is 2.17. The summed E-state index contributed by atoms with van der Waals surface area (Å²) in [6.45, 7) is 1.89. The van der Waals surface area contributed by atoms with E-state index in [-0.39, 0.29) is 17.8 Å². The van der Waals surface area contributed by atoms with Crippen molar-refractivity contribution in [3.05, 3.63) is 40.1 Å². The number of carbonyl (C=O) groups excluding carboxylic acids is 1.